The van der Waals surface area contributed by atoms with E-state index in [2.05, 4.69) is 0 Å². The van der Waals surface area contributed by atoms with Gasteiger partial charge in [-0.05, 0) is 26.0 Å². The van der Waals surface area contributed by atoms with Crippen LogP contribution >= 0.6 is 0 Å². The number of nitrogens with zero attached hydrogens (tertiary/aromatic N) is 1. The van der Waals surface area contributed by atoms with Crippen LogP contribution in [-0.4, -0.2) is 46.9 Å². The summed E-state index contributed by atoms with van der Waals surface area (Å²) in [6, 6.07) is 6.18. The Balaban J connectivity index is 2.33. The standard InChI is InChI=1S/C15H15NO6/c1-3-22-14(21)15(2,13(19)20)8-16-11(17)9-6-4-5-7-10(9)12(16)18/h4-7H,3,8H2,1-2H3,(H,19,20). The molecule has 1 aromatic rings. The Morgan fingerprint density at radius 2 is 1.68 bits per heavy atom. The van der Waals surface area contributed by atoms with Crippen LogP contribution in [0.5, 0.6) is 0 Å². The second-order valence-corrected chi connectivity index (χ2v) is 5.10. The first-order valence-corrected chi connectivity index (χ1v) is 6.68. The molecule has 22 heavy (non-hydrogen) atoms. The van der Waals surface area contributed by atoms with E-state index in [1.165, 1.54) is 12.1 Å². The fourth-order valence-electron chi connectivity index (χ4n) is 2.21. The summed E-state index contributed by atoms with van der Waals surface area (Å²) in [6.07, 6.45) is 0. The topological polar surface area (TPSA) is 101 Å². The maximum Gasteiger partial charge on any atom is 0.325 e. The Labute approximate surface area is 126 Å². The van der Waals surface area contributed by atoms with Crippen molar-refractivity contribution in [1.82, 2.24) is 4.90 Å². The summed E-state index contributed by atoms with van der Waals surface area (Å²) in [5.41, 5.74) is -1.61. The van der Waals surface area contributed by atoms with Gasteiger partial charge in [-0.15, -0.1) is 0 Å². The molecular weight excluding hydrogens is 290 g/mol. The fraction of sp³-hybridized carbons (Fsp3) is 0.333. The molecule has 1 aromatic carbocycles. The maximum atomic E-state index is 12.2. The van der Waals surface area contributed by atoms with Crippen molar-refractivity contribution in [1.29, 1.82) is 0 Å². The number of benzene rings is 1. The molecule has 1 heterocycles. The summed E-state index contributed by atoms with van der Waals surface area (Å²) in [5.74, 6) is -3.67. The number of esters is 1. The number of aliphatic carboxylic acids is 1. The van der Waals surface area contributed by atoms with Crippen LogP contribution in [0.3, 0.4) is 0 Å². The zero-order chi connectivity index (χ0) is 16.5. The number of hydrogen-bond donors (Lipinski definition) is 1. The first-order valence-electron chi connectivity index (χ1n) is 6.68. The highest BCUT2D eigenvalue weighted by molar-refractivity contribution is 6.21. The molecule has 1 unspecified atom stereocenters. The first kappa shape index (κ1) is 15.7. The number of carboxylic acid groups (broad SMARTS) is 1. The highest BCUT2D eigenvalue weighted by Crippen LogP contribution is 2.28. The van der Waals surface area contributed by atoms with Crippen molar-refractivity contribution in [2.24, 2.45) is 5.41 Å². The third kappa shape index (κ3) is 2.34. The highest BCUT2D eigenvalue weighted by Gasteiger charge is 2.49. The Bertz CT molecular complexity index is 633. The van der Waals surface area contributed by atoms with Gasteiger partial charge in [0.25, 0.3) is 11.8 Å². The summed E-state index contributed by atoms with van der Waals surface area (Å²) < 4.78 is 4.76. The van der Waals surface area contributed by atoms with E-state index in [0.29, 0.717) is 0 Å². The van der Waals surface area contributed by atoms with E-state index < -0.39 is 35.7 Å². The Hall–Kier alpha value is -2.70. The summed E-state index contributed by atoms with van der Waals surface area (Å²) in [7, 11) is 0. The molecule has 2 amide bonds. The third-order valence-electron chi connectivity index (χ3n) is 3.55. The molecule has 0 aromatic heterocycles. The normalized spacial score (nSPS) is 16.2. The van der Waals surface area contributed by atoms with E-state index in [0.717, 1.165) is 11.8 Å². The quantitative estimate of drug-likeness (QED) is 0.493. The zero-order valence-corrected chi connectivity index (χ0v) is 12.2. The lowest BCUT2D eigenvalue weighted by molar-refractivity contribution is -0.167. The first-order chi connectivity index (χ1) is 10.3. The second kappa shape index (κ2) is 5.59. The largest absolute Gasteiger partial charge is 0.480 e. The summed E-state index contributed by atoms with van der Waals surface area (Å²) in [4.78, 5) is 48.7. The van der Waals surface area contributed by atoms with E-state index in [1.807, 2.05) is 0 Å². The molecule has 0 fully saturated rings. The summed E-state index contributed by atoms with van der Waals surface area (Å²) in [5, 5.41) is 9.33. The van der Waals surface area contributed by atoms with Crippen molar-refractivity contribution in [2.75, 3.05) is 13.2 Å². The van der Waals surface area contributed by atoms with Crippen molar-refractivity contribution < 1.29 is 29.0 Å². The molecule has 0 aliphatic carbocycles. The average molecular weight is 305 g/mol. The van der Waals surface area contributed by atoms with Gasteiger partial charge in [0.05, 0.1) is 24.3 Å². The molecule has 2 rings (SSSR count). The number of imide groups is 1. The summed E-state index contributed by atoms with van der Waals surface area (Å²) >= 11 is 0. The van der Waals surface area contributed by atoms with Gasteiger partial charge in [-0.25, -0.2) is 0 Å². The molecule has 1 N–H and O–H groups in total. The van der Waals surface area contributed by atoms with Crippen LogP contribution in [0.25, 0.3) is 0 Å². The van der Waals surface area contributed by atoms with Gasteiger partial charge in [-0.2, -0.15) is 0 Å². The van der Waals surface area contributed by atoms with E-state index in [9.17, 15) is 24.3 Å². The van der Waals surface area contributed by atoms with E-state index >= 15 is 0 Å². The van der Waals surface area contributed by atoms with Gasteiger partial charge in [0.2, 0.25) is 0 Å². The fourth-order valence-corrected chi connectivity index (χ4v) is 2.21. The maximum absolute atomic E-state index is 12.2. The third-order valence-corrected chi connectivity index (χ3v) is 3.55. The van der Waals surface area contributed by atoms with Gasteiger partial charge >= 0.3 is 11.9 Å². The lowest BCUT2D eigenvalue weighted by atomic mass is 9.90. The number of carbonyl (C=O) groups excluding carboxylic acids is 3. The lowest BCUT2D eigenvalue weighted by Gasteiger charge is -2.26. The van der Waals surface area contributed by atoms with Crippen LogP contribution in [0.1, 0.15) is 34.6 Å². The van der Waals surface area contributed by atoms with Crippen molar-refractivity contribution in [3.8, 4) is 0 Å². The van der Waals surface area contributed by atoms with Crippen molar-refractivity contribution in [3.63, 3.8) is 0 Å². The molecule has 7 heteroatoms. The van der Waals surface area contributed by atoms with Gasteiger partial charge in [0.15, 0.2) is 5.41 Å². The SMILES string of the molecule is CCOC(=O)C(C)(CN1C(=O)c2ccccc2C1=O)C(=O)O. The molecule has 1 aliphatic heterocycles. The predicted octanol–water partition coefficient (Wildman–Crippen LogP) is 0.937. The lowest BCUT2D eigenvalue weighted by Crippen LogP contribution is -2.49. The monoisotopic (exact) mass is 305 g/mol. The minimum absolute atomic E-state index is 0.00379. The van der Waals surface area contributed by atoms with Crippen LogP contribution in [0, 0.1) is 5.41 Å². The molecule has 0 radical (unpaired) electrons. The van der Waals surface area contributed by atoms with E-state index in [1.54, 1.807) is 19.1 Å². The number of carboxylic acids is 1. The minimum Gasteiger partial charge on any atom is -0.480 e. The number of amides is 2. The van der Waals surface area contributed by atoms with Crippen LogP contribution in [-0.2, 0) is 14.3 Å². The summed E-state index contributed by atoms with van der Waals surface area (Å²) in [6.45, 7) is 2.11. The van der Waals surface area contributed by atoms with Gasteiger partial charge in [-0.1, -0.05) is 12.1 Å². The van der Waals surface area contributed by atoms with Crippen molar-refractivity contribution in [2.45, 2.75) is 13.8 Å². The second-order valence-electron chi connectivity index (χ2n) is 5.10. The predicted molar refractivity (Wildman–Crippen MR) is 74.2 cm³/mol. The van der Waals surface area contributed by atoms with Crippen molar-refractivity contribution in [3.05, 3.63) is 35.4 Å². The van der Waals surface area contributed by atoms with Gasteiger partial charge in [0.1, 0.15) is 0 Å². The molecule has 1 atom stereocenters. The minimum atomic E-state index is -2.01. The Morgan fingerprint density at radius 3 is 2.09 bits per heavy atom. The molecule has 0 spiro atoms. The van der Waals surface area contributed by atoms with Gasteiger partial charge in [0, 0.05) is 0 Å². The van der Waals surface area contributed by atoms with E-state index in [-0.39, 0.29) is 17.7 Å². The molecule has 0 bridgehead atoms. The van der Waals surface area contributed by atoms with Crippen LogP contribution in [0.15, 0.2) is 24.3 Å². The van der Waals surface area contributed by atoms with Crippen LogP contribution < -0.4 is 0 Å². The molecule has 7 nitrogen and oxygen atoms in total. The molecule has 0 saturated heterocycles. The molecule has 116 valence electrons. The Kier molecular flexibility index (Phi) is 3.99. The van der Waals surface area contributed by atoms with E-state index in [4.69, 9.17) is 4.74 Å². The average Bonchev–Trinajstić information content (AvgIpc) is 2.72. The smallest absolute Gasteiger partial charge is 0.325 e. The van der Waals surface area contributed by atoms with Crippen LogP contribution in [0.2, 0.25) is 0 Å². The number of carbonyl (C=O) groups is 4. The molecule has 1 aliphatic rings. The number of rotatable bonds is 5. The number of ether oxygens (including phenoxy) is 1. The van der Waals surface area contributed by atoms with Crippen molar-refractivity contribution >= 4 is 23.8 Å². The zero-order valence-electron chi connectivity index (χ0n) is 12.2. The molecular formula is C15H15NO6. The number of fused-ring (bicyclic) bond motifs is 1. The van der Waals surface area contributed by atoms with Crippen LogP contribution in [0.4, 0.5) is 0 Å². The van der Waals surface area contributed by atoms with Gasteiger partial charge in [-0.3, -0.25) is 24.1 Å². The molecule has 0 saturated carbocycles. The number of hydrogen-bond acceptors (Lipinski definition) is 5. The Morgan fingerprint density at radius 1 is 1.18 bits per heavy atom. The highest BCUT2D eigenvalue weighted by atomic mass is 16.5. The van der Waals surface area contributed by atoms with Gasteiger partial charge < -0.3 is 9.84 Å².